The molecule has 0 aromatic carbocycles. The first kappa shape index (κ1) is 12.1. The predicted molar refractivity (Wildman–Crippen MR) is 66.6 cm³/mol. The lowest BCUT2D eigenvalue weighted by Crippen LogP contribution is -2.15. The van der Waals surface area contributed by atoms with Crippen LogP contribution in [0.3, 0.4) is 0 Å². The van der Waals surface area contributed by atoms with Crippen LogP contribution in [0.15, 0.2) is 4.42 Å². The van der Waals surface area contributed by atoms with Crippen LogP contribution in [0.25, 0.3) is 0 Å². The van der Waals surface area contributed by atoms with Crippen molar-refractivity contribution in [2.45, 2.75) is 57.2 Å². The maximum Gasteiger partial charge on any atom is 0.230 e. The van der Waals surface area contributed by atoms with Crippen molar-refractivity contribution in [1.29, 1.82) is 0 Å². The maximum absolute atomic E-state index is 5.79. The van der Waals surface area contributed by atoms with Gasteiger partial charge in [0.25, 0.3) is 0 Å². The summed E-state index contributed by atoms with van der Waals surface area (Å²) in [6.45, 7) is 6.68. The molecule has 2 atom stereocenters. The molecule has 1 saturated carbocycles. The first-order valence-electron chi connectivity index (χ1n) is 6.02. The molecule has 3 nitrogen and oxygen atoms in total. The van der Waals surface area contributed by atoms with E-state index >= 15 is 0 Å². The maximum atomic E-state index is 5.79. The molecule has 1 aromatic heterocycles. The summed E-state index contributed by atoms with van der Waals surface area (Å²) in [6.07, 6.45) is 4.66. The Hall–Kier alpha value is -0.380. The Morgan fingerprint density at radius 1 is 1.50 bits per heavy atom. The molecule has 1 heterocycles. The zero-order chi connectivity index (χ0) is 11.8. The van der Waals surface area contributed by atoms with Crippen LogP contribution < -0.4 is 0 Å². The molecular formula is C12H19BrN2O. The molecule has 0 N–H and O–H groups in total. The van der Waals surface area contributed by atoms with Gasteiger partial charge in [-0.3, -0.25) is 0 Å². The van der Waals surface area contributed by atoms with Crippen molar-refractivity contribution < 1.29 is 4.42 Å². The van der Waals surface area contributed by atoms with E-state index in [1.54, 1.807) is 0 Å². The van der Waals surface area contributed by atoms with Gasteiger partial charge in [0.15, 0.2) is 0 Å². The number of hydrogen-bond acceptors (Lipinski definition) is 3. The number of alkyl halides is 1. The van der Waals surface area contributed by atoms with Crippen LogP contribution in [-0.2, 0) is 0 Å². The van der Waals surface area contributed by atoms with Gasteiger partial charge < -0.3 is 4.42 Å². The topological polar surface area (TPSA) is 38.9 Å². The molecule has 1 aromatic rings. The van der Waals surface area contributed by atoms with Gasteiger partial charge in [-0.15, -0.1) is 10.2 Å². The summed E-state index contributed by atoms with van der Waals surface area (Å²) in [6, 6.07) is 0. The Balaban J connectivity index is 2.19. The largest absolute Gasteiger partial charge is 0.424 e. The highest BCUT2D eigenvalue weighted by molar-refractivity contribution is 9.09. The van der Waals surface area contributed by atoms with Gasteiger partial charge in [-0.25, -0.2) is 0 Å². The number of hydrogen-bond donors (Lipinski definition) is 0. The summed E-state index contributed by atoms with van der Waals surface area (Å²) in [4.78, 5) is 0.193. The third kappa shape index (κ3) is 2.17. The molecule has 0 radical (unpaired) electrons. The molecule has 2 rings (SSSR count). The summed E-state index contributed by atoms with van der Waals surface area (Å²) >= 11 is 3.54. The molecule has 0 spiro atoms. The van der Waals surface area contributed by atoms with Crippen molar-refractivity contribution in [1.82, 2.24) is 10.2 Å². The fourth-order valence-corrected chi connectivity index (χ4v) is 2.66. The third-order valence-corrected chi connectivity index (χ3v) is 4.68. The van der Waals surface area contributed by atoms with Crippen molar-refractivity contribution in [3.05, 3.63) is 11.8 Å². The van der Waals surface area contributed by atoms with E-state index < -0.39 is 0 Å². The average molecular weight is 287 g/mol. The monoisotopic (exact) mass is 286 g/mol. The van der Waals surface area contributed by atoms with Gasteiger partial charge in [-0.1, -0.05) is 43.1 Å². The average Bonchev–Trinajstić information content (AvgIpc) is 2.82. The SMILES string of the molecule is CCC(Br)c1nnc(C2CCCC2(C)C)o1. The molecular weight excluding hydrogens is 268 g/mol. The molecule has 1 fully saturated rings. The Kier molecular flexibility index (Phi) is 3.38. The summed E-state index contributed by atoms with van der Waals surface area (Å²) in [5.74, 6) is 1.99. The quantitative estimate of drug-likeness (QED) is 0.782. The first-order chi connectivity index (χ1) is 7.54. The summed E-state index contributed by atoms with van der Waals surface area (Å²) in [5, 5.41) is 8.35. The molecule has 1 aliphatic rings. The molecule has 0 aliphatic heterocycles. The number of rotatable bonds is 3. The van der Waals surface area contributed by atoms with Crippen LogP contribution >= 0.6 is 15.9 Å². The van der Waals surface area contributed by atoms with E-state index in [0.29, 0.717) is 11.3 Å². The fourth-order valence-electron chi connectivity index (χ4n) is 2.47. The van der Waals surface area contributed by atoms with Crippen LogP contribution in [-0.4, -0.2) is 10.2 Å². The smallest absolute Gasteiger partial charge is 0.230 e. The van der Waals surface area contributed by atoms with Crippen LogP contribution in [0.1, 0.15) is 69.0 Å². The lowest BCUT2D eigenvalue weighted by molar-refractivity contribution is 0.280. The minimum Gasteiger partial charge on any atom is -0.424 e. The van der Waals surface area contributed by atoms with Crippen molar-refractivity contribution >= 4 is 15.9 Å². The van der Waals surface area contributed by atoms with E-state index in [4.69, 9.17) is 4.42 Å². The lowest BCUT2D eigenvalue weighted by Gasteiger charge is -2.23. The first-order valence-corrected chi connectivity index (χ1v) is 6.93. The van der Waals surface area contributed by atoms with E-state index in [1.165, 1.54) is 19.3 Å². The van der Waals surface area contributed by atoms with Gasteiger partial charge in [0.1, 0.15) is 0 Å². The van der Waals surface area contributed by atoms with Crippen molar-refractivity contribution in [2.75, 3.05) is 0 Å². The molecule has 4 heteroatoms. The minimum atomic E-state index is 0.193. The van der Waals surface area contributed by atoms with Crippen LogP contribution in [0.4, 0.5) is 0 Å². The zero-order valence-electron chi connectivity index (χ0n) is 10.2. The second kappa shape index (κ2) is 4.47. The second-order valence-corrected chi connectivity index (χ2v) is 6.39. The molecule has 0 bridgehead atoms. The van der Waals surface area contributed by atoms with Crippen LogP contribution in [0.5, 0.6) is 0 Å². The van der Waals surface area contributed by atoms with Crippen molar-refractivity contribution in [3.63, 3.8) is 0 Å². The lowest BCUT2D eigenvalue weighted by atomic mass is 9.82. The minimum absolute atomic E-state index is 0.193. The summed E-state index contributed by atoms with van der Waals surface area (Å²) in [5.41, 5.74) is 0.303. The zero-order valence-corrected chi connectivity index (χ0v) is 11.7. The van der Waals surface area contributed by atoms with E-state index in [1.807, 2.05) is 0 Å². The molecule has 0 saturated heterocycles. The van der Waals surface area contributed by atoms with Gasteiger partial charge in [0.05, 0.1) is 4.83 Å². The highest BCUT2D eigenvalue weighted by Crippen LogP contribution is 2.48. The number of halogens is 1. The summed E-state index contributed by atoms with van der Waals surface area (Å²) in [7, 11) is 0. The van der Waals surface area contributed by atoms with Gasteiger partial charge in [0, 0.05) is 5.92 Å². The van der Waals surface area contributed by atoms with E-state index in [0.717, 1.165) is 18.2 Å². The van der Waals surface area contributed by atoms with Crippen molar-refractivity contribution in [2.24, 2.45) is 5.41 Å². The van der Waals surface area contributed by atoms with Gasteiger partial charge in [0.2, 0.25) is 11.8 Å². The van der Waals surface area contributed by atoms with E-state index in [2.05, 4.69) is 46.9 Å². The van der Waals surface area contributed by atoms with E-state index in [-0.39, 0.29) is 4.83 Å². The molecule has 90 valence electrons. The molecule has 16 heavy (non-hydrogen) atoms. The highest BCUT2D eigenvalue weighted by atomic mass is 79.9. The normalized spacial score (nSPS) is 25.9. The molecule has 2 unspecified atom stereocenters. The Labute approximate surface area is 105 Å². The van der Waals surface area contributed by atoms with Gasteiger partial charge >= 0.3 is 0 Å². The highest BCUT2D eigenvalue weighted by Gasteiger charge is 2.39. The Bertz CT molecular complexity index is 362. The third-order valence-electron chi connectivity index (χ3n) is 3.64. The van der Waals surface area contributed by atoms with Crippen molar-refractivity contribution in [3.8, 4) is 0 Å². The molecule has 1 aliphatic carbocycles. The summed E-state index contributed by atoms with van der Waals surface area (Å²) < 4.78 is 5.79. The van der Waals surface area contributed by atoms with Gasteiger partial charge in [-0.05, 0) is 24.7 Å². The Morgan fingerprint density at radius 3 is 2.81 bits per heavy atom. The standard InChI is InChI=1S/C12H19BrN2O/c1-4-9(13)11-15-14-10(16-11)8-6-5-7-12(8,2)3/h8-9H,4-7H2,1-3H3. The van der Waals surface area contributed by atoms with Crippen LogP contribution in [0, 0.1) is 5.41 Å². The van der Waals surface area contributed by atoms with Crippen LogP contribution in [0.2, 0.25) is 0 Å². The Morgan fingerprint density at radius 2 is 2.25 bits per heavy atom. The number of aromatic nitrogens is 2. The molecule has 0 amide bonds. The second-order valence-electron chi connectivity index (χ2n) is 5.29. The fraction of sp³-hybridized carbons (Fsp3) is 0.833. The van der Waals surface area contributed by atoms with Gasteiger partial charge in [-0.2, -0.15) is 0 Å². The van der Waals surface area contributed by atoms with E-state index in [9.17, 15) is 0 Å². The predicted octanol–water partition coefficient (Wildman–Crippen LogP) is 4.21. The number of nitrogens with zero attached hydrogens (tertiary/aromatic N) is 2.